The Kier molecular flexibility index (Phi) is 7.93. The fraction of sp³-hybridized carbons (Fsp3) is 0.333. The first kappa shape index (κ1) is 29.5. The summed E-state index contributed by atoms with van der Waals surface area (Å²) < 4.78 is 13.0. The van der Waals surface area contributed by atoms with E-state index in [1.165, 1.54) is 10.9 Å². The van der Waals surface area contributed by atoms with Crippen molar-refractivity contribution in [1.82, 2.24) is 34.4 Å². The van der Waals surface area contributed by atoms with E-state index < -0.39 is 11.7 Å². The van der Waals surface area contributed by atoms with Crippen molar-refractivity contribution in [2.45, 2.75) is 45.1 Å². The van der Waals surface area contributed by atoms with Crippen LogP contribution in [0.4, 0.5) is 4.79 Å². The van der Waals surface area contributed by atoms with Crippen molar-refractivity contribution in [3.8, 4) is 22.6 Å². The lowest BCUT2D eigenvalue weighted by atomic mass is 9.91. The van der Waals surface area contributed by atoms with Gasteiger partial charge in [0.25, 0.3) is 5.56 Å². The van der Waals surface area contributed by atoms with E-state index in [1.807, 2.05) is 30.3 Å². The van der Waals surface area contributed by atoms with Crippen molar-refractivity contribution >= 4 is 28.7 Å². The predicted octanol–water partition coefficient (Wildman–Crippen LogP) is 3.43. The number of aryl methyl sites for hydroxylation is 2. The number of fused-ring (bicyclic) bond motifs is 1. The topological polar surface area (TPSA) is 167 Å². The highest BCUT2D eigenvalue weighted by Gasteiger charge is 2.33. The highest BCUT2D eigenvalue weighted by molar-refractivity contribution is 6.31. The van der Waals surface area contributed by atoms with E-state index in [-0.39, 0.29) is 24.2 Å². The molecule has 4 heterocycles. The second-order valence-electron chi connectivity index (χ2n) is 11.1. The lowest BCUT2D eigenvalue weighted by Crippen LogP contribution is -2.47. The minimum atomic E-state index is -1.07. The molecule has 0 bridgehead atoms. The first-order valence-electron chi connectivity index (χ1n) is 14.1. The second kappa shape index (κ2) is 11.8. The molecule has 228 valence electrons. The zero-order chi connectivity index (χ0) is 31.0. The number of halogens is 1. The molecular formula is C30H31ClN8O5. The maximum atomic E-state index is 13.5. The van der Waals surface area contributed by atoms with Gasteiger partial charge in [0.1, 0.15) is 12.1 Å². The Morgan fingerprint density at radius 2 is 1.86 bits per heavy atom. The molecule has 3 N–H and O–H groups in total. The highest BCUT2D eigenvalue weighted by atomic mass is 35.5. The average molecular weight is 619 g/mol. The Labute approximate surface area is 256 Å². The van der Waals surface area contributed by atoms with E-state index in [2.05, 4.69) is 25.1 Å². The zero-order valence-electron chi connectivity index (χ0n) is 24.2. The van der Waals surface area contributed by atoms with Crippen LogP contribution in [0.15, 0.2) is 58.1 Å². The van der Waals surface area contributed by atoms with Gasteiger partial charge in [0, 0.05) is 49.8 Å². The van der Waals surface area contributed by atoms with Gasteiger partial charge >= 0.3 is 6.09 Å². The largest absolute Gasteiger partial charge is 0.445 e. The molecule has 5 aromatic rings. The predicted molar refractivity (Wildman–Crippen MR) is 162 cm³/mol. The Hall–Kier alpha value is -4.59. The fourth-order valence-corrected chi connectivity index (χ4v) is 5.76. The highest BCUT2D eigenvalue weighted by Crippen LogP contribution is 2.30. The molecule has 2 aromatic carbocycles. The first-order chi connectivity index (χ1) is 21.1. The van der Waals surface area contributed by atoms with Crippen LogP contribution in [-0.2, 0) is 31.5 Å². The van der Waals surface area contributed by atoms with E-state index in [9.17, 15) is 14.7 Å². The van der Waals surface area contributed by atoms with E-state index in [0.717, 1.165) is 22.3 Å². The van der Waals surface area contributed by atoms with Gasteiger partial charge < -0.3 is 20.1 Å². The molecule has 3 aromatic heterocycles. The summed E-state index contributed by atoms with van der Waals surface area (Å²) in [4.78, 5) is 35.4. The number of piperidine rings is 1. The number of ether oxygens (including phenoxy) is 1. The van der Waals surface area contributed by atoms with Crippen LogP contribution in [-0.4, -0.2) is 64.3 Å². The third-order valence-electron chi connectivity index (χ3n) is 7.90. The number of amides is 1. The standard InChI is InChI=1S/C30H31ClN8O5/c1-18-34-27(36-44-18)21-7-8-22(23(31)13-21)14-38-11-9-30(42,10-12-38)16-39-17-33-24-25(28(39)40)35-37(2)26(24)20-5-3-19(4-6-20)15-43-29(32)41/h3-8,13,17,42H,9-12,14-16H2,1-2H3,(H2,32,41). The molecule has 13 nitrogen and oxygen atoms in total. The summed E-state index contributed by atoms with van der Waals surface area (Å²) >= 11 is 6.58. The molecule has 0 unspecified atom stereocenters. The molecule has 0 aliphatic carbocycles. The Morgan fingerprint density at radius 1 is 1.14 bits per heavy atom. The monoisotopic (exact) mass is 618 g/mol. The average Bonchev–Trinajstić information content (AvgIpc) is 3.59. The zero-order valence-corrected chi connectivity index (χ0v) is 25.0. The molecule has 14 heteroatoms. The van der Waals surface area contributed by atoms with Crippen LogP contribution in [0.2, 0.25) is 5.02 Å². The van der Waals surface area contributed by atoms with E-state index in [1.54, 1.807) is 30.8 Å². The molecule has 0 radical (unpaired) electrons. The smallest absolute Gasteiger partial charge is 0.404 e. The molecule has 0 saturated carbocycles. The van der Waals surface area contributed by atoms with Crippen molar-refractivity contribution in [1.29, 1.82) is 0 Å². The molecule has 1 saturated heterocycles. The molecular weight excluding hydrogens is 588 g/mol. The van der Waals surface area contributed by atoms with Crippen molar-refractivity contribution in [3.05, 3.63) is 81.2 Å². The van der Waals surface area contributed by atoms with Gasteiger partial charge in [-0.3, -0.25) is 18.9 Å². The van der Waals surface area contributed by atoms with Gasteiger partial charge in [-0.05, 0) is 30.0 Å². The van der Waals surface area contributed by atoms with E-state index >= 15 is 0 Å². The number of hydrogen-bond donors (Lipinski definition) is 2. The molecule has 1 fully saturated rings. The summed E-state index contributed by atoms with van der Waals surface area (Å²) in [5, 5.41) is 20.5. The summed E-state index contributed by atoms with van der Waals surface area (Å²) in [5.41, 5.74) is 8.34. The van der Waals surface area contributed by atoms with Crippen LogP contribution in [0.1, 0.15) is 29.9 Å². The molecule has 1 amide bonds. The number of hydrogen-bond acceptors (Lipinski definition) is 10. The Morgan fingerprint density at radius 3 is 2.52 bits per heavy atom. The Balaban J connectivity index is 1.12. The third-order valence-corrected chi connectivity index (χ3v) is 8.26. The summed E-state index contributed by atoms with van der Waals surface area (Å²) in [7, 11) is 1.75. The number of aliphatic hydroxyl groups is 1. The molecule has 0 atom stereocenters. The van der Waals surface area contributed by atoms with Crippen LogP contribution in [0, 0.1) is 6.92 Å². The second-order valence-corrected chi connectivity index (χ2v) is 11.5. The number of aromatic nitrogens is 6. The molecule has 1 aliphatic rings. The number of carbonyl (C=O) groups is 1. The van der Waals surface area contributed by atoms with Gasteiger partial charge in [-0.1, -0.05) is 53.2 Å². The summed E-state index contributed by atoms with van der Waals surface area (Å²) in [6.45, 7) is 3.81. The molecule has 44 heavy (non-hydrogen) atoms. The molecule has 1 aliphatic heterocycles. The first-order valence-corrected chi connectivity index (χ1v) is 14.4. The van der Waals surface area contributed by atoms with Crippen molar-refractivity contribution in [2.24, 2.45) is 12.8 Å². The van der Waals surface area contributed by atoms with E-state index in [4.69, 9.17) is 26.6 Å². The normalized spacial score (nSPS) is 15.1. The quantitative estimate of drug-likeness (QED) is 0.263. The van der Waals surface area contributed by atoms with Gasteiger partial charge in [-0.2, -0.15) is 10.1 Å². The lowest BCUT2D eigenvalue weighted by molar-refractivity contribution is -0.0364. The Bertz CT molecular complexity index is 1890. The summed E-state index contributed by atoms with van der Waals surface area (Å²) in [6, 6.07) is 13.0. The number of rotatable bonds is 8. The maximum absolute atomic E-state index is 13.5. The number of benzene rings is 2. The van der Waals surface area contributed by atoms with Gasteiger partial charge in [0.15, 0.2) is 5.52 Å². The van der Waals surface area contributed by atoms with Gasteiger partial charge in [-0.25, -0.2) is 9.78 Å². The fourth-order valence-electron chi connectivity index (χ4n) is 5.52. The van der Waals surface area contributed by atoms with Crippen molar-refractivity contribution in [2.75, 3.05) is 13.1 Å². The summed E-state index contributed by atoms with van der Waals surface area (Å²) in [5.74, 6) is 0.980. The van der Waals surface area contributed by atoms with Crippen LogP contribution < -0.4 is 11.3 Å². The molecule has 0 spiro atoms. The lowest BCUT2D eigenvalue weighted by Gasteiger charge is -2.38. The molecule has 6 rings (SSSR count). The van der Waals surface area contributed by atoms with Crippen LogP contribution in [0.25, 0.3) is 33.7 Å². The van der Waals surface area contributed by atoms with Crippen LogP contribution in [0.5, 0.6) is 0 Å². The van der Waals surface area contributed by atoms with Crippen molar-refractivity contribution in [3.63, 3.8) is 0 Å². The van der Waals surface area contributed by atoms with Crippen LogP contribution in [0.3, 0.4) is 0 Å². The SMILES string of the molecule is Cc1nc(-c2ccc(CN3CCC(O)(Cn4cnc5c(-c6ccc(COC(N)=O)cc6)n(C)nc5c4=O)CC3)c(Cl)c2)no1. The number of carbonyl (C=O) groups excluding carboxylic acids is 1. The third kappa shape index (κ3) is 6.07. The summed E-state index contributed by atoms with van der Waals surface area (Å²) in [6.07, 6.45) is 1.59. The number of primary amides is 1. The number of likely N-dealkylation sites (tertiary alicyclic amines) is 1. The minimum absolute atomic E-state index is 0.0641. The van der Waals surface area contributed by atoms with Crippen LogP contribution >= 0.6 is 11.6 Å². The maximum Gasteiger partial charge on any atom is 0.404 e. The number of nitrogens with zero attached hydrogens (tertiary/aromatic N) is 7. The van der Waals surface area contributed by atoms with E-state index in [0.29, 0.717) is 60.4 Å². The van der Waals surface area contributed by atoms with Crippen molar-refractivity contribution < 1.29 is 19.2 Å². The van der Waals surface area contributed by atoms with Gasteiger partial charge in [0.2, 0.25) is 11.7 Å². The van der Waals surface area contributed by atoms with Gasteiger partial charge in [-0.15, -0.1) is 0 Å². The number of nitrogens with two attached hydrogens (primary N) is 1. The minimum Gasteiger partial charge on any atom is -0.445 e. The van der Waals surface area contributed by atoms with Gasteiger partial charge in [0.05, 0.1) is 24.2 Å².